The molecule has 1 aliphatic carbocycles. The van der Waals surface area contributed by atoms with Gasteiger partial charge >= 0.3 is 6.03 Å². The highest BCUT2D eigenvalue weighted by atomic mass is 16.2. The van der Waals surface area contributed by atoms with Crippen molar-refractivity contribution in [2.45, 2.75) is 39.0 Å². The standard InChI is InChI=1S/C16H22N6O/c1-12-7-8-14(9-15(12)22-11-18-20-21-22)19-16(23)17-10-13-5-3-2-4-6-13/h7-9,11,13H,2-6,10H2,1H3,(H2,17,19,23). The minimum atomic E-state index is -0.165. The number of anilines is 1. The number of hydrogen-bond donors (Lipinski definition) is 2. The number of nitrogens with one attached hydrogen (secondary N) is 2. The number of hydrogen-bond acceptors (Lipinski definition) is 4. The second-order valence-electron chi connectivity index (χ2n) is 6.09. The van der Waals surface area contributed by atoms with Gasteiger partial charge in [0.15, 0.2) is 0 Å². The summed E-state index contributed by atoms with van der Waals surface area (Å²) in [6, 6.07) is 5.52. The highest BCUT2D eigenvalue weighted by Crippen LogP contribution is 2.23. The molecule has 0 saturated heterocycles. The molecule has 7 heteroatoms. The third-order valence-corrected chi connectivity index (χ3v) is 4.34. The minimum Gasteiger partial charge on any atom is -0.338 e. The third-order valence-electron chi connectivity index (χ3n) is 4.34. The van der Waals surface area contributed by atoms with Crippen LogP contribution in [0.1, 0.15) is 37.7 Å². The second-order valence-corrected chi connectivity index (χ2v) is 6.09. The summed E-state index contributed by atoms with van der Waals surface area (Å²) in [5.74, 6) is 0.615. The summed E-state index contributed by atoms with van der Waals surface area (Å²) in [6.45, 7) is 2.72. The number of tetrazole rings is 1. The lowest BCUT2D eigenvalue weighted by Gasteiger charge is -2.21. The first-order chi connectivity index (χ1) is 11.2. The number of aryl methyl sites for hydroxylation is 1. The average molecular weight is 314 g/mol. The first-order valence-electron chi connectivity index (χ1n) is 8.11. The van der Waals surface area contributed by atoms with Gasteiger partial charge in [0.05, 0.1) is 5.69 Å². The van der Waals surface area contributed by atoms with Crippen molar-refractivity contribution >= 4 is 11.7 Å². The normalized spacial score (nSPS) is 15.3. The van der Waals surface area contributed by atoms with Gasteiger partial charge in [0.1, 0.15) is 6.33 Å². The number of amides is 2. The van der Waals surface area contributed by atoms with Crippen LogP contribution in [0.2, 0.25) is 0 Å². The van der Waals surface area contributed by atoms with E-state index in [2.05, 4.69) is 26.2 Å². The Hall–Kier alpha value is -2.44. The molecule has 0 radical (unpaired) electrons. The summed E-state index contributed by atoms with van der Waals surface area (Å²) in [4.78, 5) is 12.1. The molecule has 7 nitrogen and oxygen atoms in total. The minimum absolute atomic E-state index is 0.165. The molecule has 0 spiro atoms. The summed E-state index contributed by atoms with van der Waals surface area (Å²) in [5, 5.41) is 17.0. The van der Waals surface area contributed by atoms with E-state index in [0.29, 0.717) is 5.92 Å². The molecular formula is C16H22N6O. The molecule has 2 aromatic rings. The van der Waals surface area contributed by atoms with Gasteiger partial charge in [0.2, 0.25) is 0 Å². The molecule has 2 N–H and O–H groups in total. The van der Waals surface area contributed by atoms with Crippen LogP contribution in [-0.4, -0.2) is 32.8 Å². The number of carbonyl (C=O) groups excluding carboxylic acids is 1. The van der Waals surface area contributed by atoms with Gasteiger partial charge in [-0.2, -0.15) is 0 Å². The van der Waals surface area contributed by atoms with Gasteiger partial charge in [0.25, 0.3) is 0 Å². The monoisotopic (exact) mass is 314 g/mol. The van der Waals surface area contributed by atoms with Crippen molar-refractivity contribution in [2.24, 2.45) is 5.92 Å². The van der Waals surface area contributed by atoms with Crippen LogP contribution >= 0.6 is 0 Å². The molecule has 0 bridgehead atoms. The lowest BCUT2D eigenvalue weighted by atomic mass is 9.89. The fraction of sp³-hybridized carbons (Fsp3) is 0.500. The Morgan fingerprint density at radius 3 is 2.87 bits per heavy atom. The summed E-state index contributed by atoms with van der Waals surface area (Å²) in [6.07, 6.45) is 7.85. The van der Waals surface area contributed by atoms with E-state index >= 15 is 0 Å². The van der Waals surface area contributed by atoms with Gasteiger partial charge in [0, 0.05) is 12.2 Å². The number of aromatic nitrogens is 4. The predicted molar refractivity (Wildman–Crippen MR) is 87.5 cm³/mol. The van der Waals surface area contributed by atoms with Gasteiger partial charge in [-0.15, -0.1) is 5.10 Å². The SMILES string of the molecule is Cc1ccc(NC(=O)NCC2CCCCC2)cc1-n1cnnn1. The van der Waals surface area contributed by atoms with Gasteiger partial charge in [-0.3, -0.25) is 0 Å². The van der Waals surface area contributed by atoms with Crippen molar-refractivity contribution in [3.8, 4) is 5.69 Å². The molecule has 0 aliphatic heterocycles. The maximum Gasteiger partial charge on any atom is 0.319 e. The Kier molecular flexibility index (Phi) is 4.85. The zero-order chi connectivity index (χ0) is 16.1. The molecule has 1 aromatic carbocycles. The molecule has 2 amide bonds. The fourth-order valence-corrected chi connectivity index (χ4v) is 3.01. The number of carbonyl (C=O) groups is 1. The lowest BCUT2D eigenvalue weighted by molar-refractivity contribution is 0.247. The van der Waals surface area contributed by atoms with Crippen LogP contribution in [0.3, 0.4) is 0 Å². The molecule has 1 saturated carbocycles. The third kappa shape index (κ3) is 4.06. The Labute approximate surface area is 135 Å². The van der Waals surface area contributed by atoms with E-state index in [1.54, 1.807) is 4.68 Å². The maximum absolute atomic E-state index is 12.1. The van der Waals surface area contributed by atoms with E-state index in [-0.39, 0.29) is 6.03 Å². The number of nitrogens with zero attached hydrogens (tertiary/aromatic N) is 4. The number of benzene rings is 1. The zero-order valence-corrected chi connectivity index (χ0v) is 13.3. The molecule has 1 fully saturated rings. The van der Waals surface area contributed by atoms with Gasteiger partial charge < -0.3 is 10.6 Å². The molecule has 1 heterocycles. The highest BCUT2D eigenvalue weighted by molar-refractivity contribution is 5.89. The maximum atomic E-state index is 12.1. The first-order valence-corrected chi connectivity index (χ1v) is 8.11. The summed E-state index contributed by atoms with van der Waals surface area (Å²) in [7, 11) is 0. The van der Waals surface area contributed by atoms with Crippen LogP contribution in [0.4, 0.5) is 10.5 Å². The van der Waals surface area contributed by atoms with Gasteiger partial charge in [-0.25, -0.2) is 9.48 Å². The van der Waals surface area contributed by atoms with Crippen LogP contribution < -0.4 is 10.6 Å². The Morgan fingerprint density at radius 1 is 1.30 bits per heavy atom. The summed E-state index contributed by atoms with van der Waals surface area (Å²) in [5.41, 5.74) is 2.60. The molecule has 0 unspecified atom stereocenters. The number of urea groups is 1. The molecule has 1 aliphatic rings. The van der Waals surface area contributed by atoms with E-state index in [1.807, 2.05) is 25.1 Å². The van der Waals surface area contributed by atoms with Crippen molar-refractivity contribution < 1.29 is 4.79 Å². The highest BCUT2D eigenvalue weighted by Gasteiger charge is 2.14. The van der Waals surface area contributed by atoms with E-state index < -0.39 is 0 Å². The quantitative estimate of drug-likeness (QED) is 0.908. The smallest absolute Gasteiger partial charge is 0.319 e. The molecule has 1 aromatic heterocycles. The van der Waals surface area contributed by atoms with Crippen LogP contribution in [0, 0.1) is 12.8 Å². The Morgan fingerprint density at radius 2 is 2.13 bits per heavy atom. The van der Waals surface area contributed by atoms with E-state index in [1.165, 1.54) is 38.4 Å². The van der Waals surface area contributed by atoms with Crippen molar-refractivity contribution in [1.29, 1.82) is 0 Å². The fourth-order valence-electron chi connectivity index (χ4n) is 3.01. The van der Waals surface area contributed by atoms with E-state index in [4.69, 9.17) is 0 Å². The summed E-state index contributed by atoms with van der Waals surface area (Å²) < 4.78 is 1.58. The average Bonchev–Trinajstić information content (AvgIpc) is 3.10. The Bertz CT molecular complexity index is 649. The van der Waals surface area contributed by atoms with Crippen LogP contribution in [0.15, 0.2) is 24.5 Å². The topological polar surface area (TPSA) is 84.7 Å². The van der Waals surface area contributed by atoms with Crippen LogP contribution in [0.25, 0.3) is 5.69 Å². The largest absolute Gasteiger partial charge is 0.338 e. The molecule has 122 valence electrons. The van der Waals surface area contributed by atoms with E-state index in [0.717, 1.165) is 23.5 Å². The summed E-state index contributed by atoms with van der Waals surface area (Å²) >= 11 is 0. The first kappa shape index (κ1) is 15.5. The van der Waals surface area contributed by atoms with E-state index in [9.17, 15) is 4.79 Å². The zero-order valence-electron chi connectivity index (χ0n) is 13.3. The van der Waals surface area contributed by atoms with Crippen molar-refractivity contribution in [1.82, 2.24) is 25.5 Å². The number of rotatable bonds is 4. The van der Waals surface area contributed by atoms with Crippen LogP contribution in [0.5, 0.6) is 0 Å². The predicted octanol–water partition coefficient (Wildman–Crippen LogP) is 2.67. The molecule has 0 atom stereocenters. The lowest BCUT2D eigenvalue weighted by Crippen LogP contribution is -2.33. The van der Waals surface area contributed by atoms with Crippen LogP contribution in [-0.2, 0) is 0 Å². The van der Waals surface area contributed by atoms with Crippen molar-refractivity contribution in [2.75, 3.05) is 11.9 Å². The molecule has 3 rings (SSSR count). The van der Waals surface area contributed by atoms with Gasteiger partial charge in [-0.1, -0.05) is 25.3 Å². The molecular weight excluding hydrogens is 292 g/mol. The Balaban J connectivity index is 1.59. The van der Waals surface area contributed by atoms with Crippen molar-refractivity contribution in [3.63, 3.8) is 0 Å². The van der Waals surface area contributed by atoms with Gasteiger partial charge in [-0.05, 0) is 53.8 Å². The molecule has 23 heavy (non-hydrogen) atoms. The second kappa shape index (κ2) is 7.21. The van der Waals surface area contributed by atoms with Crippen molar-refractivity contribution in [3.05, 3.63) is 30.1 Å².